The lowest BCUT2D eigenvalue weighted by Gasteiger charge is -2.04. The van der Waals surface area contributed by atoms with E-state index in [-0.39, 0.29) is 0 Å². The zero-order valence-corrected chi connectivity index (χ0v) is 13.2. The summed E-state index contributed by atoms with van der Waals surface area (Å²) in [5.41, 5.74) is 3.58. The minimum atomic E-state index is -2.19. The molecule has 0 heterocycles. The number of aliphatic imine (C=N–C) groups is 1. The van der Waals surface area contributed by atoms with Crippen molar-refractivity contribution in [1.82, 2.24) is 0 Å². The van der Waals surface area contributed by atoms with Crippen LogP contribution in [0.5, 0.6) is 0 Å². The summed E-state index contributed by atoms with van der Waals surface area (Å²) >= 11 is 0. The molecule has 0 unspecified atom stereocenters. The third-order valence-electron chi connectivity index (χ3n) is 4.36. The van der Waals surface area contributed by atoms with Crippen LogP contribution in [-0.2, 0) is 6.42 Å². The molecule has 0 spiro atoms. The van der Waals surface area contributed by atoms with Crippen molar-refractivity contribution in [3.05, 3.63) is 88.2 Å². The highest BCUT2D eigenvalue weighted by atomic mass is 19.2. The molecular weight excluding hydrogens is 349 g/mol. The van der Waals surface area contributed by atoms with Crippen molar-refractivity contribution in [3.8, 4) is 11.1 Å². The molecule has 0 amide bonds. The van der Waals surface area contributed by atoms with Gasteiger partial charge in [-0.05, 0) is 40.8 Å². The van der Waals surface area contributed by atoms with Crippen molar-refractivity contribution >= 4 is 11.9 Å². The van der Waals surface area contributed by atoms with E-state index in [1.807, 2.05) is 30.3 Å². The zero-order chi connectivity index (χ0) is 18.4. The highest BCUT2D eigenvalue weighted by molar-refractivity contribution is 5.84. The van der Waals surface area contributed by atoms with Gasteiger partial charge in [0, 0.05) is 6.21 Å². The predicted octanol–water partition coefficient (Wildman–Crippen LogP) is 5.70. The minimum absolute atomic E-state index is 0.362. The molecule has 1 aliphatic carbocycles. The Bertz CT molecular complexity index is 1040. The maximum absolute atomic E-state index is 13.7. The molecule has 4 rings (SSSR count). The van der Waals surface area contributed by atoms with Crippen molar-refractivity contribution < 1.29 is 22.0 Å². The topological polar surface area (TPSA) is 12.4 Å². The molecule has 0 saturated carbocycles. The first kappa shape index (κ1) is 16.4. The first-order valence-electron chi connectivity index (χ1n) is 7.74. The van der Waals surface area contributed by atoms with Gasteiger partial charge in [0.25, 0.3) is 0 Å². The van der Waals surface area contributed by atoms with Crippen LogP contribution < -0.4 is 0 Å². The maximum atomic E-state index is 13.7. The van der Waals surface area contributed by atoms with Crippen LogP contribution in [0.15, 0.2) is 47.5 Å². The van der Waals surface area contributed by atoms with Gasteiger partial charge in [-0.2, -0.15) is 0 Å². The summed E-state index contributed by atoms with van der Waals surface area (Å²) < 4.78 is 66.9. The minimum Gasteiger partial charge on any atom is -0.256 e. The lowest BCUT2D eigenvalue weighted by Crippen LogP contribution is -2.06. The molecule has 0 bridgehead atoms. The van der Waals surface area contributed by atoms with Crippen molar-refractivity contribution in [2.75, 3.05) is 0 Å². The molecule has 26 heavy (non-hydrogen) atoms. The fourth-order valence-electron chi connectivity index (χ4n) is 3.09. The van der Waals surface area contributed by atoms with Crippen molar-refractivity contribution in [1.29, 1.82) is 0 Å². The summed E-state index contributed by atoms with van der Waals surface area (Å²) in [5.74, 6) is -9.98. The predicted molar refractivity (Wildman–Crippen MR) is 88.2 cm³/mol. The molecule has 1 nitrogen and oxygen atoms in total. The van der Waals surface area contributed by atoms with E-state index < -0.39 is 34.6 Å². The largest absolute Gasteiger partial charge is 0.256 e. The van der Waals surface area contributed by atoms with Crippen LogP contribution in [0.3, 0.4) is 0 Å². The molecular formula is C20H10F5N. The molecule has 1 aliphatic rings. The molecule has 3 aromatic rings. The fourth-order valence-corrected chi connectivity index (χ4v) is 3.09. The number of rotatable bonds is 2. The third kappa shape index (κ3) is 2.49. The molecule has 0 aromatic heterocycles. The molecule has 0 aliphatic heterocycles. The second-order valence-corrected chi connectivity index (χ2v) is 5.92. The van der Waals surface area contributed by atoms with Gasteiger partial charge in [-0.3, -0.25) is 4.99 Å². The average molecular weight is 359 g/mol. The molecule has 3 aromatic carbocycles. The second-order valence-electron chi connectivity index (χ2n) is 5.92. The highest BCUT2D eigenvalue weighted by Crippen LogP contribution is 2.38. The SMILES string of the molecule is Fc1c(F)c(F)c(C=Nc2ccc3c(c2)Cc2ccccc2-3)c(F)c1F. The Morgan fingerprint density at radius 2 is 1.31 bits per heavy atom. The molecule has 0 radical (unpaired) electrons. The van der Waals surface area contributed by atoms with E-state index in [1.54, 1.807) is 12.1 Å². The molecule has 0 fully saturated rings. The zero-order valence-electron chi connectivity index (χ0n) is 13.2. The summed E-state index contributed by atoms with van der Waals surface area (Å²) in [4.78, 5) is 3.89. The van der Waals surface area contributed by atoms with Crippen molar-refractivity contribution in [2.45, 2.75) is 6.42 Å². The number of halogens is 5. The van der Waals surface area contributed by atoms with E-state index in [0.717, 1.165) is 22.3 Å². The van der Waals surface area contributed by atoms with Gasteiger partial charge < -0.3 is 0 Å². The van der Waals surface area contributed by atoms with Gasteiger partial charge in [0.2, 0.25) is 5.82 Å². The maximum Gasteiger partial charge on any atom is 0.200 e. The summed E-state index contributed by atoms with van der Waals surface area (Å²) in [6.07, 6.45) is 1.34. The Morgan fingerprint density at radius 3 is 2.04 bits per heavy atom. The van der Waals surface area contributed by atoms with Gasteiger partial charge in [-0.15, -0.1) is 0 Å². The normalized spacial score (nSPS) is 12.5. The van der Waals surface area contributed by atoms with Crippen molar-refractivity contribution in [3.63, 3.8) is 0 Å². The van der Waals surface area contributed by atoms with Crippen LogP contribution in [0.2, 0.25) is 0 Å². The summed E-state index contributed by atoms with van der Waals surface area (Å²) in [6, 6.07) is 13.1. The highest BCUT2D eigenvalue weighted by Gasteiger charge is 2.24. The van der Waals surface area contributed by atoms with Gasteiger partial charge in [0.15, 0.2) is 23.3 Å². The number of fused-ring (bicyclic) bond motifs is 3. The Kier molecular flexibility index (Phi) is 3.83. The number of benzene rings is 3. The second kappa shape index (κ2) is 6.05. The molecule has 6 heteroatoms. The van der Waals surface area contributed by atoms with Crippen LogP contribution in [-0.4, -0.2) is 6.21 Å². The van der Waals surface area contributed by atoms with Crippen LogP contribution in [0.1, 0.15) is 16.7 Å². The average Bonchev–Trinajstić information content (AvgIpc) is 3.02. The first-order chi connectivity index (χ1) is 12.5. The third-order valence-corrected chi connectivity index (χ3v) is 4.36. The lowest BCUT2D eigenvalue weighted by atomic mass is 10.1. The Labute approximate surface area is 145 Å². The van der Waals surface area contributed by atoms with Crippen molar-refractivity contribution in [2.24, 2.45) is 4.99 Å². The summed E-state index contributed by atoms with van der Waals surface area (Å²) in [7, 11) is 0. The number of nitrogens with zero attached hydrogens (tertiary/aromatic N) is 1. The smallest absolute Gasteiger partial charge is 0.200 e. The molecule has 0 N–H and O–H groups in total. The van der Waals surface area contributed by atoms with E-state index >= 15 is 0 Å². The van der Waals surface area contributed by atoms with Crippen LogP contribution in [0.25, 0.3) is 11.1 Å². The Balaban J connectivity index is 1.71. The van der Waals surface area contributed by atoms with E-state index in [0.29, 0.717) is 18.3 Å². The van der Waals surface area contributed by atoms with Gasteiger partial charge in [0.1, 0.15) is 0 Å². The first-order valence-corrected chi connectivity index (χ1v) is 7.74. The van der Waals surface area contributed by atoms with Crippen LogP contribution in [0.4, 0.5) is 27.6 Å². The monoisotopic (exact) mass is 359 g/mol. The molecule has 0 atom stereocenters. The Hall–Kier alpha value is -3.02. The van der Waals surface area contributed by atoms with Gasteiger partial charge in [0.05, 0.1) is 11.3 Å². The van der Waals surface area contributed by atoms with E-state index in [2.05, 4.69) is 4.99 Å². The summed E-state index contributed by atoms with van der Waals surface area (Å²) in [6.45, 7) is 0. The number of hydrogen-bond donors (Lipinski definition) is 0. The van der Waals surface area contributed by atoms with E-state index in [1.165, 1.54) is 0 Å². The van der Waals surface area contributed by atoms with Gasteiger partial charge in [-0.25, -0.2) is 22.0 Å². The van der Waals surface area contributed by atoms with Crippen LogP contribution >= 0.6 is 0 Å². The van der Waals surface area contributed by atoms with Gasteiger partial charge >= 0.3 is 0 Å². The molecule has 130 valence electrons. The molecule has 0 saturated heterocycles. The van der Waals surface area contributed by atoms with E-state index in [9.17, 15) is 22.0 Å². The van der Waals surface area contributed by atoms with Gasteiger partial charge in [-0.1, -0.05) is 30.3 Å². The fraction of sp³-hybridized carbons (Fsp3) is 0.0500. The van der Waals surface area contributed by atoms with Crippen LogP contribution in [0, 0.1) is 29.1 Å². The number of hydrogen-bond acceptors (Lipinski definition) is 1. The quantitative estimate of drug-likeness (QED) is 0.188. The Morgan fingerprint density at radius 1 is 0.692 bits per heavy atom. The standard InChI is InChI=1S/C20H10F5N/c21-16-15(17(22)19(24)20(25)18(16)23)9-26-12-5-6-14-11(8-12)7-10-3-1-2-4-13(10)14/h1-6,8-9H,7H2. The summed E-state index contributed by atoms with van der Waals surface area (Å²) in [5, 5.41) is 0. The lowest BCUT2D eigenvalue weighted by molar-refractivity contribution is 0.377. The van der Waals surface area contributed by atoms with E-state index in [4.69, 9.17) is 0 Å².